The van der Waals surface area contributed by atoms with E-state index in [0.29, 0.717) is 38.9 Å². The van der Waals surface area contributed by atoms with Crippen LogP contribution in [0.5, 0.6) is 0 Å². The average Bonchev–Trinajstić information content (AvgIpc) is 2.59. The topological polar surface area (TPSA) is 52.6 Å². The normalized spacial score (nSPS) is 12.1. The molecule has 0 atom stereocenters. The lowest BCUT2D eigenvalue weighted by Gasteiger charge is -2.46. The molecule has 0 rings (SSSR count). The summed E-state index contributed by atoms with van der Waals surface area (Å²) < 4.78 is 11.1. The summed E-state index contributed by atoms with van der Waals surface area (Å²) in [7, 11) is 0. The second-order valence-corrected chi connectivity index (χ2v) is 6.64. The maximum atomic E-state index is 13.1. The van der Waals surface area contributed by atoms with Crippen molar-refractivity contribution in [3.63, 3.8) is 0 Å². The molecule has 0 aromatic rings. The Labute approximate surface area is 148 Å². The summed E-state index contributed by atoms with van der Waals surface area (Å²) in [5.41, 5.74) is -1.60. The molecule has 4 nitrogen and oxygen atoms in total. The average molecular weight is 343 g/mol. The maximum absolute atomic E-state index is 13.1. The van der Waals surface area contributed by atoms with E-state index in [-0.39, 0.29) is 11.9 Å². The van der Waals surface area contributed by atoms with Crippen LogP contribution in [-0.2, 0) is 19.1 Å². The third-order valence-electron chi connectivity index (χ3n) is 5.13. The summed E-state index contributed by atoms with van der Waals surface area (Å²) in [6.07, 6.45) is 5.74. The molecular formula is C20H38O4. The quantitative estimate of drug-likeness (QED) is 0.427. The minimum Gasteiger partial charge on any atom is -0.465 e. The third-order valence-corrected chi connectivity index (χ3v) is 5.13. The van der Waals surface area contributed by atoms with E-state index in [4.69, 9.17) is 9.47 Å². The second-order valence-electron chi connectivity index (χ2n) is 6.64. The number of rotatable bonds is 13. The van der Waals surface area contributed by atoms with Gasteiger partial charge >= 0.3 is 11.9 Å². The van der Waals surface area contributed by atoms with Crippen LogP contribution in [0.2, 0.25) is 0 Å². The van der Waals surface area contributed by atoms with E-state index in [1.165, 1.54) is 0 Å². The fourth-order valence-corrected chi connectivity index (χ4v) is 3.93. The van der Waals surface area contributed by atoms with Gasteiger partial charge in [-0.15, -0.1) is 0 Å². The molecule has 0 amide bonds. The number of hydrogen-bond donors (Lipinski definition) is 0. The van der Waals surface area contributed by atoms with Crippen molar-refractivity contribution in [2.45, 2.75) is 92.9 Å². The van der Waals surface area contributed by atoms with Gasteiger partial charge in [-0.1, -0.05) is 54.4 Å². The Morgan fingerprint density at radius 3 is 1.29 bits per heavy atom. The molecule has 0 fully saturated rings. The SMILES string of the molecule is CCCOC(=O)C(CC)(CC)C(CCC)(CCC)C(=O)OCCC. The molecule has 4 heteroatoms. The van der Waals surface area contributed by atoms with Gasteiger partial charge in [0.05, 0.1) is 24.0 Å². The van der Waals surface area contributed by atoms with E-state index in [1.54, 1.807) is 0 Å². The summed E-state index contributed by atoms with van der Waals surface area (Å²) in [5, 5.41) is 0. The Morgan fingerprint density at radius 2 is 1.00 bits per heavy atom. The molecule has 0 aromatic carbocycles. The molecule has 24 heavy (non-hydrogen) atoms. The van der Waals surface area contributed by atoms with E-state index in [2.05, 4.69) is 13.8 Å². The Morgan fingerprint density at radius 1 is 0.625 bits per heavy atom. The van der Waals surface area contributed by atoms with Gasteiger partial charge in [0.15, 0.2) is 0 Å². The van der Waals surface area contributed by atoms with E-state index < -0.39 is 10.8 Å². The Bertz CT molecular complexity index is 366. The smallest absolute Gasteiger partial charge is 0.313 e. The molecule has 0 radical (unpaired) electrons. The molecule has 0 spiro atoms. The summed E-state index contributed by atoms with van der Waals surface area (Å²) in [6.45, 7) is 12.9. The Kier molecular flexibility index (Phi) is 11.0. The molecule has 0 saturated heterocycles. The van der Waals surface area contributed by atoms with Crippen LogP contribution in [0.1, 0.15) is 92.9 Å². The second kappa shape index (κ2) is 11.5. The lowest BCUT2D eigenvalue weighted by atomic mass is 9.56. The van der Waals surface area contributed by atoms with Crippen LogP contribution in [0.3, 0.4) is 0 Å². The Balaban J connectivity index is 6.04. The van der Waals surface area contributed by atoms with Crippen molar-refractivity contribution in [1.29, 1.82) is 0 Å². The van der Waals surface area contributed by atoms with Gasteiger partial charge in [-0.3, -0.25) is 9.59 Å². The molecule has 142 valence electrons. The molecule has 0 aliphatic heterocycles. The minimum absolute atomic E-state index is 0.217. The first-order valence-corrected chi connectivity index (χ1v) is 9.80. The summed E-state index contributed by atoms with van der Waals surface area (Å²) >= 11 is 0. The monoisotopic (exact) mass is 342 g/mol. The van der Waals surface area contributed by atoms with E-state index >= 15 is 0 Å². The van der Waals surface area contributed by atoms with Gasteiger partial charge in [0.25, 0.3) is 0 Å². The molecule has 0 aliphatic carbocycles. The van der Waals surface area contributed by atoms with Gasteiger partial charge in [-0.2, -0.15) is 0 Å². The highest BCUT2D eigenvalue weighted by molar-refractivity contribution is 5.88. The first-order chi connectivity index (χ1) is 11.5. The number of carbonyl (C=O) groups is 2. The molecule has 0 heterocycles. The molecule has 0 unspecified atom stereocenters. The predicted octanol–water partition coefficient (Wildman–Crippen LogP) is 5.29. The summed E-state index contributed by atoms with van der Waals surface area (Å²) in [6, 6.07) is 0. The highest BCUT2D eigenvalue weighted by atomic mass is 16.5. The summed E-state index contributed by atoms with van der Waals surface area (Å²) in [5.74, 6) is -0.449. The number of carbonyl (C=O) groups excluding carboxylic acids is 2. The number of ether oxygens (including phenoxy) is 2. The van der Waals surface area contributed by atoms with Crippen molar-refractivity contribution in [3.05, 3.63) is 0 Å². The van der Waals surface area contributed by atoms with Gasteiger partial charge in [-0.25, -0.2) is 0 Å². The van der Waals surface area contributed by atoms with E-state index in [9.17, 15) is 9.59 Å². The number of esters is 2. The van der Waals surface area contributed by atoms with Crippen LogP contribution >= 0.6 is 0 Å². The zero-order valence-corrected chi connectivity index (χ0v) is 16.7. The summed E-state index contributed by atoms with van der Waals surface area (Å²) in [4.78, 5) is 26.1. The van der Waals surface area contributed by atoms with Crippen molar-refractivity contribution in [2.24, 2.45) is 10.8 Å². The number of hydrogen-bond acceptors (Lipinski definition) is 4. The molecule has 0 aromatic heterocycles. The van der Waals surface area contributed by atoms with Crippen LogP contribution in [0, 0.1) is 10.8 Å². The van der Waals surface area contributed by atoms with Gasteiger partial charge < -0.3 is 9.47 Å². The lowest BCUT2D eigenvalue weighted by Crippen LogP contribution is -2.53. The lowest BCUT2D eigenvalue weighted by molar-refractivity contribution is -0.185. The fraction of sp³-hybridized carbons (Fsp3) is 0.900. The highest BCUT2D eigenvalue weighted by Gasteiger charge is 2.59. The van der Waals surface area contributed by atoms with Gasteiger partial charge in [0, 0.05) is 0 Å². The predicted molar refractivity (Wildman–Crippen MR) is 97.8 cm³/mol. The van der Waals surface area contributed by atoms with Crippen molar-refractivity contribution in [2.75, 3.05) is 13.2 Å². The van der Waals surface area contributed by atoms with Crippen molar-refractivity contribution in [1.82, 2.24) is 0 Å². The molecule has 0 saturated carbocycles. The van der Waals surface area contributed by atoms with Crippen LogP contribution in [-0.4, -0.2) is 25.2 Å². The van der Waals surface area contributed by atoms with Crippen molar-refractivity contribution < 1.29 is 19.1 Å². The zero-order valence-electron chi connectivity index (χ0n) is 16.7. The van der Waals surface area contributed by atoms with Crippen LogP contribution in [0.25, 0.3) is 0 Å². The first kappa shape index (κ1) is 22.9. The minimum atomic E-state index is -0.807. The van der Waals surface area contributed by atoms with Crippen LogP contribution in [0.15, 0.2) is 0 Å². The first-order valence-electron chi connectivity index (χ1n) is 9.80. The molecule has 0 bridgehead atoms. The van der Waals surface area contributed by atoms with Crippen molar-refractivity contribution >= 4 is 11.9 Å². The van der Waals surface area contributed by atoms with Crippen molar-refractivity contribution in [3.8, 4) is 0 Å². The van der Waals surface area contributed by atoms with Crippen LogP contribution < -0.4 is 0 Å². The van der Waals surface area contributed by atoms with Gasteiger partial charge in [-0.05, 0) is 38.5 Å². The molecule has 0 aliphatic rings. The largest absolute Gasteiger partial charge is 0.465 e. The van der Waals surface area contributed by atoms with Crippen LogP contribution in [0.4, 0.5) is 0 Å². The highest BCUT2D eigenvalue weighted by Crippen LogP contribution is 2.53. The molecular weight excluding hydrogens is 304 g/mol. The standard InChI is InChI=1S/C20H38O4/c1-7-13-20(14-8-2,18(22)24-16-10-4)19(11-5,12-6)17(21)23-15-9-3/h7-16H2,1-6H3. The van der Waals surface area contributed by atoms with E-state index in [0.717, 1.165) is 25.7 Å². The molecule has 0 N–H and O–H groups in total. The van der Waals surface area contributed by atoms with Gasteiger partial charge in [0.2, 0.25) is 0 Å². The fourth-order valence-electron chi connectivity index (χ4n) is 3.93. The Hall–Kier alpha value is -1.06. The van der Waals surface area contributed by atoms with E-state index in [1.807, 2.05) is 27.7 Å². The maximum Gasteiger partial charge on any atom is 0.313 e. The zero-order chi connectivity index (χ0) is 18.6. The van der Waals surface area contributed by atoms with Gasteiger partial charge in [0.1, 0.15) is 0 Å². The third kappa shape index (κ3) is 4.73.